The summed E-state index contributed by atoms with van der Waals surface area (Å²) in [6, 6.07) is 4.88. The lowest BCUT2D eigenvalue weighted by molar-refractivity contribution is -0.137. The molecule has 18 heavy (non-hydrogen) atoms. The van der Waals surface area contributed by atoms with Crippen molar-refractivity contribution in [3.63, 3.8) is 0 Å². The molecule has 1 heterocycles. The molecule has 1 aliphatic rings. The summed E-state index contributed by atoms with van der Waals surface area (Å²) in [7, 11) is 1.51. The van der Waals surface area contributed by atoms with Gasteiger partial charge < -0.3 is 14.2 Å². The van der Waals surface area contributed by atoms with Crippen molar-refractivity contribution in [1.82, 2.24) is 0 Å². The Balaban J connectivity index is 2.28. The number of Topliss-reactive ketones (excluding diaryl/α,β-unsaturated/α-hetero) is 1. The monoisotopic (exact) mass is 248 g/mol. The van der Waals surface area contributed by atoms with E-state index in [4.69, 9.17) is 14.2 Å². The minimum atomic E-state index is -0.597. The van der Waals surface area contributed by atoms with Crippen LogP contribution in [0.3, 0.4) is 0 Å². The standard InChI is InChI=1S/C13H12O5/c1-3-17-12(14)7-11-13(15)9-6-8(16-2)4-5-10(9)18-11/h4-7H,3H2,1-2H3/b11-7-. The number of allylic oxidation sites excluding steroid dienone is 1. The molecule has 0 unspecified atom stereocenters. The zero-order valence-electron chi connectivity index (χ0n) is 10.1. The van der Waals surface area contributed by atoms with Crippen LogP contribution in [0.15, 0.2) is 30.0 Å². The van der Waals surface area contributed by atoms with Crippen molar-refractivity contribution in [2.75, 3.05) is 13.7 Å². The first-order valence-corrected chi connectivity index (χ1v) is 5.44. The highest BCUT2D eigenvalue weighted by Gasteiger charge is 2.28. The van der Waals surface area contributed by atoms with Crippen LogP contribution in [0.5, 0.6) is 11.5 Å². The van der Waals surface area contributed by atoms with Gasteiger partial charge in [-0.05, 0) is 25.1 Å². The van der Waals surface area contributed by atoms with Gasteiger partial charge in [0.25, 0.3) is 0 Å². The number of methoxy groups -OCH3 is 1. The highest BCUT2D eigenvalue weighted by atomic mass is 16.5. The summed E-state index contributed by atoms with van der Waals surface area (Å²) < 4.78 is 15.0. The molecular formula is C13H12O5. The molecule has 0 saturated heterocycles. The van der Waals surface area contributed by atoms with Crippen LogP contribution >= 0.6 is 0 Å². The smallest absolute Gasteiger partial charge is 0.334 e. The summed E-state index contributed by atoms with van der Waals surface area (Å²) in [5.41, 5.74) is 0.380. The van der Waals surface area contributed by atoms with Crippen molar-refractivity contribution >= 4 is 11.8 Å². The summed E-state index contributed by atoms with van der Waals surface area (Å²) in [6.07, 6.45) is 1.05. The van der Waals surface area contributed by atoms with E-state index in [1.807, 2.05) is 0 Å². The van der Waals surface area contributed by atoms with Gasteiger partial charge >= 0.3 is 5.97 Å². The van der Waals surface area contributed by atoms with Crippen molar-refractivity contribution in [3.8, 4) is 11.5 Å². The van der Waals surface area contributed by atoms with Crippen molar-refractivity contribution in [2.45, 2.75) is 6.92 Å². The SMILES string of the molecule is CCOC(=O)/C=C1\Oc2ccc(OC)cc2C1=O. The van der Waals surface area contributed by atoms with Crippen molar-refractivity contribution < 1.29 is 23.8 Å². The molecule has 5 heteroatoms. The average Bonchev–Trinajstić information content (AvgIpc) is 2.66. The molecule has 0 spiro atoms. The van der Waals surface area contributed by atoms with Crippen LogP contribution in [-0.2, 0) is 9.53 Å². The van der Waals surface area contributed by atoms with Gasteiger partial charge in [-0.15, -0.1) is 0 Å². The summed E-state index contributed by atoms with van der Waals surface area (Å²) in [4.78, 5) is 23.2. The van der Waals surface area contributed by atoms with Gasteiger partial charge in [0.05, 0.1) is 25.4 Å². The number of hydrogen-bond donors (Lipinski definition) is 0. The Labute approximate surface area is 104 Å². The molecule has 94 valence electrons. The van der Waals surface area contributed by atoms with E-state index in [1.54, 1.807) is 25.1 Å². The van der Waals surface area contributed by atoms with E-state index in [1.165, 1.54) is 7.11 Å². The van der Waals surface area contributed by atoms with E-state index in [2.05, 4.69) is 0 Å². The first-order valence-electron chi connectivity index (χ1n) is 5.44. The maximum atomic E-state index is 11.9. The third-order valence-electron chi connectivity index (χ3n) is 2.41. The third kappa shape index (κ3) is 2.20. The first kappa shape index (κ1) is 12.2. The van der Waals surface area contributed by atoms with E-state index in [9.17, 15) is 9.59 Å². The molecule has 0 fully saturated rings. The molecule has 2 rings (SSSR count). The van der Waals surface area contributed by atoms with Gasteiger partial charge in [-0.25, -0.2) is 4.79 Å². The Bertz CT molecular complexity index is 530. The van der Waals surface area contributed by atoms with Gasteiger partial charge in [-0.1, -0.05) is 0 Å². The molecule has 0 radical (unpaired) electrons. The largest absolute Gasteiger partial charge is 0.497 e. The van der Waals surface area contributed by atoms with E-state index in [0.29, 0.717) is 17.1 Å². The van der Waals surface area contributed by atoms with E-state index in [0.717, 1.165) is 6.08 Å². The van der Waals surface area contributed by atoms with Gasteiger partial charge in [-0.2, -0.15) is 0 Å². The maximum Gasteiger partial charge on any atom is 0.334 e. The lowest BCUT2D eigenvalue weighted by atomic mass is 10.1. The van der Waals surface area contributed by atoms with E-state index in [-0.39, 0.29) is 18.1 Å². The Morgan fingerprint density at radius 1 is 1.44 bits per heavy atom. The second-order valence-corrected chi connectivity index (χ2v) is 3.55. The van der Waals surface area contributed by atoms with Crippen LogP contribution in [-0.4, -0.2) is 25.5 Å². The molecule has 1 aliphatic heterocycles. The molecule has 0 aliphatic carbocycles. The molecule has 0 N–H and O–H groups in total. The van der Waals surface area contributed by atoms with Gasteiger partial charge in [0.2, 0.25) is 5.78 Å². The number of fused-ring (bicyclic) bond motifs is 1. The lowest BCUT2D eigenvalue weighted by Gasteiger charge is -2.00. The van der Waals surface area contributed by atoms with Crippen LogP contribution in [0.4, 0.5) is 0 Å². The van der Waals surface area contributed by atoms with Crippen LogP contribution in [0.2, 0.25) is 0 Å². The Morgan fingerprint density at radius 3 is 2.89 bits per heavy atom. The zero-order chi connectivity index (χ0) is 13.1. The van der Waals surface area contributed by atoms with E-state index >= 15 is 0 Å². The quantitative estimate of drug-likeness (QED) is 0.602. The highest BCUT2D eigenvalue weighted by molar-refractivity contribution is 6.14. The number of ether oxygens (including phenoxy) is 3. The molecule has 5 nitrogen and oxygen atoms in total. The number of carbonyl (C=O) groups is 2. The Hall–Kier alpha value is -2.30. The van der Waals surface area contributed by atoms with Gasteiger partial charge in [0.15, 0.2) is 5.76 Å². The third-order valence-corrected chi connectivity index (χ3v) is 2.41. The molecule has 0 bridgehead atoms. The van der Waals surface area contributed by atoms with Crippen LogP contribution in [0, 0.1) is 0 Å². The van der Waals surface area contributed by atoms with Gasteiger partial charge in [0, 0.05) is 0 Å². The fourth-order valence-electron chi connectivity index (χ4n) is 1.59. The molecule has 1 aromatic carbocycles. The zero-order valence-corrected chi connectivity index (χ0v) is 10.1. The number of benzene rings is 1. The van der Waals surface area contributed by atoms with Gasteiger partial charge in [-0.3, -0.25) is 4.79 Å². The average molecular weight is 248 g/mol. The van der Waals surface area contributed by atoms with Crippen LogP contribution in [0.25, 0.3) is 0 Å². The first-order chi connectivity index (χ1) is 8.65. The van der Waals surface area contributed by atoms with Gasteiger partial charge in [0.1, 0.15) is 11.5 Å². The Morgan fingerprint density at radius 2 is 2.22 bits per heavy atom. The molecule has 0 amide bonds. The second kappa shape index (κ2) is 4.91. The summed E-state index contributed by atoms with van der Waals surface area (Å²) in [5.74, 6) is -0.00582. The predicted molar refractivity (Wildman–Crippen MR) is 62.7 cm³/mol. The normalized spacial score (nSPS) is 15.2. The van der Waals surface area contributed by atoms with Crippen LogP contribution in [0.1, 0.15) is 17.3 Å². The fourth-order valence-corrected chi connectivity index (χ4v) is 1.59. The minimum absolute atomic E-state index is 0.0308. The molecule has 0 saturated carbocycles. The minimum Gasteiger partial charge on any atom is -0.497 e. The lowest BCUT2D eigenvalue weighted by Crippen LogP contribution is -2.06. The number of esters is 1. The maximum absolute atomic E-state index is 11.9. The highest BCUT2D eigenvalue weighted by Crippen LogP contribution is 2.33. The summed E-state index contributed by atoms with van der Waals surface area (Å²) in [6.45, 7) is 1.94. The molecule has 0 atom stereocenters. The van der Waals surface area contributed by atoms with Crippen molar-refractivity contribution in [1.29, 1.82) is 0 Å². The predicted octanol–water partition coefficient (Wildman–Crippen LogP) is 1.72. The molecule has 0 aromatic heterocycles. The second-order valence-electron chi connectivity index (χ2n) is 3.55. The molecular weight excluding hydrogens is 236 g/mol. The topological polar surface area (TPSA) is 61.8 Å². The van der Waals surface area contributed by atoms with Crippen molar-refractivity contribution in [2.24, 2.45) is 0 Å². The molecule has 1 aromatic rings. The number of rotatable bonds is 3. The fraction of sp³-hybridized carbons (Fsp3) is 0.231. The van der Waals surface area contributed by atoms with Crippen molar-refractivity contribution in [3.05, 3.63) is 35.6 Å². The number of hydrogen-bond acceptors (Lipinski definition) is 5. The summed E-state index contributed by atoms with van der Waals surface area (Å²) in [5, 5.41) is 0. The number of ketones is 1. The van der Waals surface area contributed by atoms with Crippen LogP contribution < -0.4 is 9.47 Å². The Kier molecular flexibility index (Phi) is 3.32. The number of carbonyl (C=O) groups excluding carboxylic acids is 2. The van der Waals surface area contributed by atoms with E-state index < -0.39 is 5.97 Å². The summed E-state index contributed by atoms with van der Waals surface area (Å²) >= 11 is 0.